The van der Waals surface area contributed by atoms with Crippen LogP contribution in [-0.2, 0) is 0 Å². The van der Waals surface area contributed by atoms with Crippen molar-refractivity contribution in [1.82, 2.24) is 0 Å². The van der Waals surface area contributed by atoms with E-state index < -0.39 is 0 Å². The van der Waals surface area contributed by atoms with Crippen LogP contribution < -0.4 is 0 Å². The average Bonchev–Trinajstić information content (AvgIpc) is 2.36. The van der Waals surface area contributed by atoms with Gasteiger partial charge in [0.1, 0.15) is 0 Å². The van der Waals surface area contributed by atoms with Gasteiger partial charge < -0.3 is 0 Å². The molecule has 1 aromatic rings. The predicted molar refractivity (Wildman–Crippen MR) is 71.8 cm³/mol. The third kappa shape index (κ3) is 2.34. The smallest absolute Gasteiger partial charge is 0.193 e. The predicted octanol–water partition coefficient (Wildman–Crippen LogP) is 3.95. The largest absolute Gasteiger partial charge is 0.289 e. The molecule has 84 valence electrons. The van der Waals surface area contributed by atoms with Gasteiger partial charge in [0, 0.05) is 11.1 Å². The number of rotatable bonds is 0. The molecule has 1 aliphatic rings. The van der Waals surface area contributed by atoms with Gasteiger partial charge >= 0.3 is 0 Å². The van der Waals surface area contributed by atoms with Gasteiger partial charge in [0.25, 0.3) is 0 Å². The molecule has 0 aromatic heterocycles. The van der Waals surface area contributed by atoms with Crippen LogP contribution in [0.2, 0.25) is 0 Å². The minimum Gasteiger partial charge on any atom is -0.289 e. The Morgan fingerprint density at radius 1 is 1.00 bits per heavy atom. The summed E-state index contributed by atoms with van der Waals surface area (Å²) in [7, 11) is 0. The molecule has 1 aliphatic carbocycles. The van der Waals surface area contributed by atoms with E-state index in [4.69, 9.17) is 0 Å². The second-order valence-electron chi connectivity index (χ2n) is 3.99. The summed E-state index contributed by atoms with van der Waals surface area (Å²) in [5.41, 5.74) is 3.05. The number of benzene rings is 1. The van der Waals surface area contributed by atoms with Gasteiger partial charge in [-0.2, -0.15) is 0 Å². The highest BCUT2D eigenvalue weighted by molar-refractivity contribution is 6.12. The lowest BCUT2D eigenvalue weighted by Crippen LogP contribution is -2.04. The van der Waals surface area contributed by atoms with Crippen LogP contribution in [0.1, 0.15) is 22.3 Å². The summed E-state index contributed by atoms with van der Waals surface area (Å²) in [4.78, 5) is 12.2. The zero-order valence-corrected chi connectivity index (χ0v) is 9.65. The molecule has 0 N–H and O–H groups in total. The maximum absolute atomic E-state index is 12.2. The Labute approximate surface area is 101 Å². The van der Waals surface area contributed by atoms with Gasteiger partial charge in [-0.05, 0) is 17.6 Å². The Kier molecular flexibility index (Phi) is 3.20. The second-order valence-corrected chi connectivity index (χ2v) is 3.99. The molecule has 1 nitrogen and oxygen atoms in total. The summed E-state index contributed by atoms with van der Waals surface area (Å²) in [6, 6.07) is 7.54. The Morgan fingerprint density at radius 3 is 2.47 bits per heavy atom. The zero-order chi connectivity index (χ0) is 12.3. The third-order valence-electron chi connectivity index (χ3n) is 2.75. The molecule has 0 saturated heterocycles. The van der Waals surface area contributed by atoms with E-state index in [-0.39, 0.29) is 5.78 Å². The van der Waals surface area contributed by atoms with Gasteiger partial charge in [-0.15, -0.1) is 0 Å². The molecule has 0 bridgehead atoms. The van der Waals surface area contributed by atoms with E-state index in [9.17, 15) is 4.79 Å². The van der Waals surface area contributed by atoms with Crippen LogP contribution in [0.15, 0.2) is 67.3 Å². The van der Waals surface area contributed by atoms with Crippen LogP contribution in [0.4, 0.5) is 0 Å². The molecule has 0 unspecified atom stereocenters. The number of allylic oxidation sites excluding steroid dienone is 6. The fourth-order valence-corrected chi connectivity index (χ4v) is 1.81. The number of hydrogen-bond donors (Lipinski definition) is 0. The summed E-state index contributed by atoms with van der Waals surface area (Å²) < 4.78 is 0. The van der Waals surface area contributed by atoms with Crippen LogP contribution in [0.5, 0.6) is 0 Å². The molecule has 0 saturated carbocycles. The van der Waals surface area contributed by atoms with Crippen LogP contribution in [0.3, 0.4) is 0 Å². The van der Waals surface area contributed by atoms with Crippen molar-refractivity contribution in [3.05, 3.63) is 78.4 Å². The van der Waals surface area contributed by atoms with Crippen molar-refractivity contribution in [2.24, 2.45) is 0 Å². The van der Waals surface area contributed by atoms with Gasteiger partial charge in [-0.3, -0.25) is 4.79 Å². The van der Waals surface area contributed by atoms with Crippen molar-refractivity contribution >= 4 is 11.4 Å². The highest BCUT2D eigenvalue weighted by Gasteiger charge is 2.14. The molecular formula is C16H14O. The molecule has 1 heteroatoms. The number of carbonyl (C=O) groups excluding carboxylic acids is 1. The maximum atomic E-state index is 12.2. The Bertz CT molecular complexity index is 544. The van der Waals surface area contributed by atoms with E-state index in [1.165, 1.54) is 0 Å². The number of fused-ring (bicyclic) bond motifs is 1. The number of carbonyl (C=O) groups is 1. The van der Waals surface area contributed by atoms with Gasteiger partial charge in [0.2, 0.25) is 0 Å². The van der Waals surface area contributed by atoms with Gasteiger partial charge in [-0.25, -0.2) is 0 Å². The monoisotopic (exact) mass is 222 g/mol. The quantitative estimate of drug-likeness (QED) is 0.607. The van der Waals surface area contributed by atoms with Crippen molar-refractivity contribution in [3.8, 4) is 0 Å². The lowest BCUT2D eigenvalue weighted by molar-refractivity contribution is 0.103. The SMILES string of the molecule is C=C1/C=C\C=C/CC(=C)c2ccccc2C1=O. The number of ketones is 1. The van der Waals surface area contributed by atoms with E-state index >= 15 is 0 Å². The first-order chi connectivity index (χ1) is 8.20. The van der Waals surface area contributed by atoms with Crippen LogP contribution >= 0.6 is 0 Å². The fourth-order valence-electron chi connectivity index (χ4n) is 1.81. The number of hydrogen-bond acceptors (Lipinski definition) is 1. The lowest BCUT2D eigenvalue weighted by Gasteiger charge is -2.10. The van der Waals surface area contributed by atoms with E-state index in [1.54, 1.807) is 6.08 Å². The standard InChI is InChI=1S/C16H14O/c1-12-8-4-3-5-9-13(2)16(17)15-11-7-6-10-14(12)15/h3-7,9-11H,1-2,8H2/b4-3-,9-5-. The molecule has 0 atom stereocenters. The molecule has 2 rings (SSSR count). The van der Waals surface area contributed by atoms with Crippen molar-refractivity contribution < 1.29 is 4.79 Å². The van der Waals surface area contributed by atoms with Crippen LogP contribution in [0, 0.1) is 0 Å². The normalized spacial score (nSPS) is 19.6. The third-order valence-corrected chi connectivity index (χ3v) is 2.75. The first-order valence-electron chi connectivity index (χ1n) is 5.54. The van der Waals surface area contributed by atoms with E-state index in [1.807, 2.05) is 42.5 Å². The van der Waals surface area contributed by atoms with Crippen molar-refractivity contribution in [2.45, 2.75) is 6.42 Å². The fraction of sp³-hybridized carbons (Fsp3) is 0.0625. The first-order valence-corrected chi connectivity index (χ1v) is 5.54. The summed E-state index contributed by atoms with van der Waals surface area (Å²) in [6.07, 6.45) is 8.27. The molecule has 0 fully saturated rings. The summed E-state index contributed by atoms with van der Waals surface area (Å²) in [5, 5.41) is 0. The topological polar surface area (TPSA) is 17.1 Å². The van der Waals surface area contributed by atoms with E-state index in [0.717, 1.165) is 17.6 Å². The maximum Gasteiger partial charge on any atom is 0.193 e. The van der Waals surface area contributed by atoms with E-state index in [0.29, 0.717) is 11.1 Å². The van der Waals surface area contributed by atoms with Crippen molar-refractivity contribution in [1.29, 1.82) is 0 Å². The second kappa shape index (κ2) is 4.79. The Hall–Kier alpha value is -2.15. The molecule has 1 aromatic carbocycles. The Morgan fingerprint density at radius 2 is 1.71 bits per heavy atom. The molecule has 0 radical (unpaired) electrons. The van der Waals surface area contributed by atoms with Crippen molar-refractivity contribution in [2.75, 3.05) is 0 Å². The summed E-state index contributed by atoms with van der Waals surface area (Å²) >= 11 is 0. The number of Topliss-reactive ketones (excluding diaryl/α,β-unsaturated/α-hetero) is 1. The minimum absolute atomic E-state index is 0.0340. The minimum atomic E-state index is -0.0340. The van der Waals surface area contributed by atoms with Gasteiger partial charge in [0.05, 0.1) is 0 Å². The van der Waals surface area contributed by atoms with E-state index in [2.05, 4.69) is 13.2 Å². The Balaban J connectivity index is 2.58. The molecule has 0 amide bonds. The highest BCUT2D eigenvalue weighted by atomic mass is 16.1. The highest BCUT2D eigenvalue weighted by Crippen LogP contribution is 2.24. The van der Waals surface area contributed by atoms with Gasteiger partial charge in [0.15, 0.2) is 5.78 Å². The average molecular weight is 222 g/mol. The van der Waals surface area contributed by atoms with Crippen molar-refractivity contribution in [3.63, 3.8) is 0 Å². The summed E-state index contributed by atoms with van der Waals surface area (Å²) in [6.45, 7) is 7.82. The first kappa shape index (κ1) is 11.3. The summed E-state index contributed by atoms with van der Waals surface area (Å²) in [5.74, 6) is -0.0340. The zero-order valence-electron chi connectivity index (χ0n) is 9.65. The molecule has 17 heavy (non-hydrogen) atoms. The molecule has 0 heterocycles. The lowest BCUT2D eigenvalue weighted by atomic mass is 9.92. The van der Waals surface area contributed by atoms with Crippen LogP contribution in [-0.4, -0.2) is 5.78 Å². The molecule has 0 aliphatic heterocycles. The molecular weight excluding hydrogens is 208 g/mol. The van der Waals surface area contributed by atoms with Crippen LogP contribution in [0.25, 0.3) is 5.57 Å². The molecule has 0 spiro atoms. The van der Waals surface area contributed by atoms with Gasteiger partial charge in [-0.1, -0.05) is 61.7 Å².